The molecule has 0 amide bonds. The minimum atomic E-state index is -0.432. The number of ether oxygens (including phenoxy) is 3. The number of hydrogen-bond donors (Lipinski definition) is 1. The van der Waals surface area contributed by atoms with Crippen molar-refractivity contribution in [3.63, 3.8) is 0 Å². The molecule has 0 aliphatic heterocycles. The van der Waals surface area contributed by atoms with Gasteiger partial charge in [-0.2, -0.15) is 0 Å². The molecule has 2 aliphatic rings. The molecule has 4 heterocycles. The summed E-state index contributed by atoms with van der Waals surface area (Å²) in [6.07, 6.45) is 0. The number of rotatable bonds is 8. The number of ketones is 4. The molecule has 0 unspecified atom stereocenters. The van der Waals surface area contributed by atoms with Crippen molar-refractivity contribution in [3.05, 3.63) is 86.5 Å². The predicted molar refractivity (Wildman–Crippen MR) is 176 cm³/mol. The minimum absolute atomic E-state index is 0. The van der Waals surface area contributed by atoms with Crippen LogP contribution in [0.2, 0.25) is 0 Å². The molecular formula is C30H26BrNaO11S4. The maximum atomic E-state index is 12.3. The first-order chi connectivity index (χ1) is 21.6. The van der Waals surface area contributed by atoms with Crippen molar-refractivity contribution < 1.29 is 83.1 Å². The van der Waals surface area contributed by atoms with Crippen LogP contribution >= 0.6 is 61.3 Å². The molecule has 2 aliphatic carbocycles. The SMILES string of the molecule is CCOC(=O)CBr.CCOC(=O)COCc1cc2c(s1)C(=O)c1sccc1C2=O.O=C1c2ccsc2C(=O)c2sc(CO)cc21.[Na+].[OH-]. The zero-order valence-corrected chi connectivity index (χ0v) is 32.1. The van der Waals surface area contributed by atoms with E-state index >= 15 is 0 Å². The Kier molecular flexibility index (Phi) is 16.6. The first-order valence-corrected chi connectivity index (χ1v) is 17.8. The van der Waals surface area contributed by atoms with E-state index < -0.39 is 5.97 Å². The van der Waals surface area contributed by atoms with Crippen LogP contribution in [0.25, 0.3) is 0 Å². The monoisotopic (exact) mass is 792 g/mol. The zero-order valence-electron chi connectivity index (χ0n) is 25.3. The topological polar surface area (TPSA) is 180 Å². The van der Waals surface area contributed by atoms with Crippen molar-refractivity contribution in [1.29, 1.82) is 0 Å². The number of aliphatic hydroxyl groups excluding tert-OH is 1. The van der Waals surface area contributed by atoms with Crippen LogP contribution in [0.1, 0.15) is 84.5 Å². The van der Waals surface area contributed by atoms with Crippen molar-refractivity contribution >= 4 is 96.3 Å². The van der Waals surface area contributed by atoms with Crippen LogP contribution in [-0.4, -0.2) is 70.8 Å². The molecule has 17 heteroatoms. The first-order valence-electron chi connectivity index (χ1n) is 13.3. The van der Waals surface area contributed by atoms with Crippen LogP contribution in [0, 0.1) is 0 Å². The molecule has 2 N–H and O–H groups in total. The fourth-order valence-electron chi connectivity index (χ4n) is 4.17. The maximum Gasteiger partial charge on any atom is 1.00 e. The first kappa shape index (κ1) is 41.0. The van der Waals surface area contributed by atoms with Crippen LogP contribution in [-0.2, 0) is 37.0 Å². The van der Waals surface area contributed by atoms with E-state index in [2.05, 4.69) is 20.7 Å². The molecule has 4 aromatic rings. The number of carbonyl (C=O) groups is 6. The van der Waals surface area contributed by atoms with E-state index in [-0.39, 0.29) is 84.0 Å². The van der Waals surface area contributed by atoms with Gasteiger partial charge >= 0.3 is 41.5 Å². The summed E-state index contributed by atoms with van der Waals surface area (Å²) in [5.41, 5.74) is 1.82. The van der Waals surface area contributed by atoms with Gasteiger partial charge in [0.1, 0.15) is 11.9 Å². The fraction of sp³-hybridized carbons (Fsp3) is 0.267. The van der Waals surface area contributed by atoms with E-state index in [1.54, 1.807) is 48.9 Å². The zero-order chi connectivity index (χ0) is 32.7. The van der Waals surface area contributed by atoms with Gasteiger partial charge in [-0.1, -0.05) is 15.9 Å². The molecule has 0 atom stereocenters. The van der Waals surface area contributed by atoms with Crippen molar-refractivity contribution in [2.45, 2.75) is 27.1 Å². The van der Waals surface area contributed by atoms with E-state index in [9.17, 15) is 28.8 Å². The largest absolute Gasteiger partial charge is 1.00 e. The quantitative estimate of drug-likeness (QED) is 0.136. The molecule has 6 rings (SSSR count). The fourth-order valence-corrected chi connectivity index (χ4v) is 8.13. The Hall–Kier alpha value is -2.22. The standard InChI is InChI=1S/C15H12O5S2.C11H6O3S2.C4H7BrO2.Na.H2O/c1-2-20-11(16)7-19-6-8-5-10-12(17)9-3-4-21-14(9)13(18)15(10)22-8;12-4-5-3-7-8(13)6-1-2-15-10(6)9(14)11(7)16-5;1-2-7-4(6)3-5;;/h3-5H,2,6-7H2,1H3;1-3,12H,4H2;2-3H2,1H3;;1H2/q;;;+1;/p-1. The molecule has 0 bridgehead atoms. The number of halogens is 1. The molecule has 0 saturated heterocycles. The van der Waals surface area contributed by atoms with Gasteiger partial charge < -0.3 is 24.8 Å². The number of aliphatic hydroxyl groups is 1. The molecule has 0 aromatic carbocycles. The second-order valence-electron chi connectivity index (χ2n) is 8.95. The third-order valence-corrected chi connectivity index (χ3v) is 10.5. The molecule has 244 valence electrons. The summed E-state index contributed by atoms with van der Waals surface area (Å²) in [4.78, 5) is 73.4. The normalized spacial score (nSPS) is 12.0. The Balaban J connectivity index is 0.000000271. The average Bonchev–Trinajstić information content (AvgIpc) is 3.85. The minimum Gasteiger partial charge on any atom is -0.870 e. The van der Waals surface area contributed by atoms with Gasteiger partial charge in [-0.3, -0.25) is 24.0 Å². The van der Waals surface area contributed by atoms with Crippen molar-refractivity contribution in [3.8, 4) is 0 Å². The maximum absolute atomic E-state index is 12.3. The van der Waals surface area contributed by atoms with Crippen LogP contribution in [0.4, 0.5) is 0 Å². The Morgan fingerprint density at radius 3 is 1.64 bits per heavy atom. The van der Waals surface area contributed by atoms with Gasteiger partial charge in [0.25, 0.3) is 0 Å². The van der Waals surface area contributed by atoms with Crippen LogP contribution in [0.3, 0.4) is 0 Å². The number of esters is 2. The second-order valence-corrected chi connectivity index (χ2v) is 13.6. The van der Waals surface area contributed by atoms with E-state index in [1.807, 2.05) is 0 Å². The summed E-state index contributed by atoms with van der Waals surface area (Å²) < 4.78 is 14.5. The van der Waals surface area contributed by atoms with Crippen molar-refractivity contribution in [2.24, 2.45) is 0 Å². The van der Waals surface area contributed by atoms with E-state index in [1.165, 1.54) is 45.3 Å². The Labute approximate surface area is 315 Å². The molecule has 0 fully saturated rings. The molecule has 0 spiro atoms. The predicted octanol–water partition coefficient (Wildman–Crippen LogP) is 2.51. The Morgan fingerprint density at radius 1 is 0.723 bits per heavy atom. The number of carbonyl (C=O) groups excluding carboxylic acids is 6. The molecule has 4 aromatic heterocycles. The van der Waals surface area contributed by atoms with Gasteiger partial charge in [0.15, 0.2) is 11.6 Å². The summed E-state index contributed by atoms with van der Waals surface area (Å²) in [5, 5.41) is 12.8. The van der Waals surface area contributed by atoms with Crippen LogP contribution in [0.5, 0.6) is 0 Å². The summed E-state index contributed by atoms with van der Waals surface area (Å²) >= 11 is 7.95. The third kappa shape index (κ3) is 9.48. The third-order valence-electron chi connectivity index (χ3n) is 6.04. The summed E-state index contributed by atoms with van der Waals surface area (Å²) in [7, 11) is 0. The Bertz CT molecular complexity index is 1670. The van der Waals surface area contributed by atoms with Gasteiger partial charge in [-0.25, -0.2) is 4.79 Å². The summed E-state index contributed by atoms with van der Waals surface area (Å²) in [6, 6.07) is 6.64. The summed E-state index contributed by atoms with van der Waals surface area (Å²) in [5.74, 6) is -1.08. The molecule has 11 nitrogen and oxygen atoms in total. The number of hydrogen-bond acceptors (Lipinski definition) is 15. The van der Waals surface area contributed by atoms with Crippen molar-refractivity contribution in [2.75, 3.05) is 25.2 Å². The molecule has 0 saturated carbocycles. The number of alkyl halides is 1. The average molecular weight is 794 g/mol. The van der Waals surface area contributed by atoms with Gasteiger partial charge in [-0.05, 0) is 48.9 Å². The van der Waals surface area contributed by atoms with Gasteiger partial charge in [0.05, 0.1) is 45.9 Å². The van der Waals surface area contributed by atoms with E-state index in [4.69, 9.17) is 14.6 Å². The molecule has 47 heavy (non-hydrogen) atoms. The van der Waals surface area contributed by atoms with Crippen LogP contribution < -0.4 is 29.6 Å². The molecule has 0 radical (unpaired) electrons. The van der Waals surface area contributed by atoms with Gasteiger partial charge in [0, 0.05) is 32.0 Å². The number of thiophene rings is 4. The van der Waals surface area contributed by atoms with Crippen LogP contribution in [0.15, 0.2) is 35.0 Å². The Morgan fingerprint density at radius 2 is 1.19 bits per heavy atom. The van der Waals surface area contributed by atoms with Gasteiger partial charge in [-0.15, -0.1) is 45.3 Å². The molecular weight excluding hydrogens is 767 g/mol. The van der Waals surface area contributed by atoms with E-state index in [0.29, 0.717) is 65.2 Å². The van der Waals surface area contributed by atoms with Crippen molar-refractivity contribution in [1.82, 2.24) is 0 Å². The second kappa shape index (κ2) is 19.1. The summed E-state index contributed by atoms with van der Waals surface area (Å²) in [6.45, 7) is 4.16. The van der Waals surface area contributed by atoms with Gasteiger partial charge in [0.2, 0.25) is 11.6 Å². The number of fused-ring (bicyclic) bond motifs is 4. The van der Waals surface area contributed by atoms with E-state index in [0.717, 1.165) is 4.88 Å². The smallest absolute Gasteiger partial charge is 0.870 e.